The van der Waals surface area contributed by atoms with Crippen LogP contribution < -0.4 is 14.8 Å². The van der Waals surface area contributed by atoms with E-state index >= 15 is 0 Å². The number of hydrogen-bond donors (Lipinski definition) is 1. The number of aliphatic imine (C=N–C) groups is 1. The number of rotatable bonds is 6. The molecule has 8 nitrogen and oxygen atoms in total. The van der Waals surface area contributed by atoms with Crippen LogP contribution in [0.25, 0.3) is 0 Å². The number of nitrogens with one attached hydrogen (secondary N) is 1. The number of benzene rings is 3. The van der Waals surface area contributed by atoms with Crippen molar-refractivity contribution in [1.82, 2.24) is 15.1 Å². The smallest absolute Gasteiger partial charge is 0.326 e. The van der Waals surface area contributed by atoms with Crippen molar-refractivity contribution in [2.75, 3.05) is 33.4 Å². The lowest BCUT2D eigenvalue weighted by atomic mass is 9.94. The first-order valence-corrected chi connectivity index (χ1v) is 14.2. The van der Waals surface area contributed by atoms with Gasteiger partial charge in [-0.3, -0.25) is 14.7 Å². The van der Waals surface area contributed by atoms with Crippen molar-refractivity contribution in [3.63, 3.8) is 0 Å². The van der Waals surface area contributed by atoms with E-state index in [0.29, 0.717) is 42.6 Å². The van der Waals surface area contributed by atoms with Gasteiger partial charge in [0.2, 0.25) is 5.91 Å². The molecule has 2 unspecified atom stereocenters. The Morgan fingerprint density at radius 1 is 1.03 bits per heavy atom. The summed E-state index contributed by atoms with van der Waals surface area (Å²) in [4.78, 5) is 35.1. The van der Waals surface area contributed by atoms with Gasteiger partial charge in [-0.05, 0) is 54.4 Å². The fraction of sp³-hybridized carbons (Fsp3) is 0.276. The van der Waals surface area contributed by atoms with Crippen LogP contribution in [0.15, 0.2) is 80.7 Å². The molecule has 2 atom stereocenters. The molecule has 10 heteroatoms. The standard InChI is InChI=1S/C29H28Br2N4O4/c1-3-39-24-16-22(38-2)12-13-23(24)28-33-26(18-4-8-20(30)9-5-18)27(19-6-10-21(31)11-7-19)35(28)29(37)34-15-14-32-25(36)17-34/h4-13,16,26-27H,3,14-15,17H2,1-2H3,(H,32,36). The highest BCUT2D eigenvalue weighted by atomic mass is 79.9. The summed E-state index contributed by atoms with van der Waals surface area (Å²) in [5.74, 6) is 1.51. The minimum atomic E-state index is -0.455. The zero-order valence-electron chi connectivity index (χ0n) is 21.6. The van der Waals surface area contributed by atoms with Crippen molar-refractivity contribution in [1.29, 1.82) is 0 Å². The van der Waals surface area contributed by atoms with Crippen LogP contribution in [0.5, 0.6) is 11.5 Å². The monoisotopic (exact) mass is 654 g/mol. The van der Waals surface area contributed by atoms with Crippen LogP contribution in [0.2, 0.25) is 0 Å². The van der Waals surface area contributed by atoms with Gasteiger partial charge >= 0.3 is 6.03 Å². The minimum Gasteiger partial charge on any atom is -0.497 e. The molecule has 5 rings (SSSR count). The Labute approximate surface area is 244 Å². The number of carbonyl (C=O) groups excluding carboxylic acids is 2. The molecule has 3 amide bonds. The number of ether oxygens (including phenoxy) is 2. The van der Waals surface area contributed by atoms with E-state index in [0.717, 1.165) is 20.1 Å². The number of amidine groups is 1. The Kier molecular flexibility index (Phi) is 8.23. The summed E-state index contributed by atoms with van der Waals surface area (Å²) in [7, 11) is 1.60. The maximum Gasteiger partial charge on any atom is 0.326 e. The van der Waals surface area contributed by atoms with Gasteiger partial charge in [-0.15, -0.1) is 0 Å². The van der Waals surface area contributed by atoms with Crippen molar-refractivity contribution >= 4 is 49.6 Å². The Morgan fingerprint density at radius 2 is 1.69 bits per heavy atom. The highest BCUT2D eigenvalue weighted by Gasteiger charge is 2.45. The minimum absolute atomic E-state index is 0.0143. The van der Waals surface area contributed by atoms with Crippen LogP contribution >= 0.6 is 31.9 Å². The molecule has 1 N–H and O–H groups in total. The Bertz CT molecular complexity index is 1400. The van der Waals surface area contributed by atoms with E-state index in [1.54, 1.807) is 23.0 Å². The molecule has 39 heavy (non-hydrogen) atoms. The topological polar surface area (TPSA) is 83.5 Å². The molecule has 202 valence electrons. The second kappa shape index (κ2) is 11.8. The summed E-state index contributed by atoms with van der Waals surface area (Å²) in [5, 5.41) is 2.80. The molecular weight excluding hydrogens is 628 g/mol. The molecule has 3 aromatic carbocycles. The fourth-order valence-electron chi connectivity index (χ4n) is 4.90. The number of nitrogens with zero attached hydrogens (tertiary/aromatic N) is 3. The third-order valence-corrected chi connectivity index (χ3v) is 7.79. The molecule has 0 saturated carbocycles. The first kappa shape index (κ1) is 27.2. The average molecular weight is 656 g/mol. The van der Waals surface area contributed by atoms with Gasteiger partial charge in [0.05, 0.1) is 25.3 Å². The highest BCUT2D eigenvalue weighted by Crippen LogP contribution is 2.45. The van der Waals surface area contributed by atoms with Crippen molar-refractivity contribution in [3.8, 4) is 11.5 Å². The largest absolute Gasteiger partial charge is 0.497 e. The van der Waals surface area contributed by atoms with Crippen molar-refractivity contribution < 1.29 is 19.1 Å². The molecule has 1 fully saturated rings. The first-order chi connectivity index (χ1) is 18.9. The Morgan fingerprint density at radius 3 is 2.31 bits per heavy atom. The van der Waals surface area contributed by atoms with Gasteiger partial charge in [-0.1, -0.05) is 56.1 Å². The maximum absolute atomic E-state index is 14.3. The second-order valence-corrected chi connectivity index (χ2v) is 11.0. The van der Waals surface area contributed by atoms with Crippen LogP contribution in [-0.4, -0.2) is 60.9 Å². The van der Waals surface area contributed by atoms with Gasteiger partial charge in [0.15, 0.2) is 0 Å². The number of piperazine rings is 1. The van der Waals surface area contributed by atoms with Crippen molar-refractivity contribution in [2.45, 2.75) is 19.0 Å². The number of hydrogen-bond acceptors (Lipinski definition) is 5. The van der Waals surface area contributed by atoms with Crippen LogP contribution in [0, 0.1) is 0 Å². The molecule has 0 radical (unpaired) electrons. The molecule has 2 aliphatic rings. The number of carbonyl (C=O) groups is 2. The van der Waals surface area contributed by atoms with E-state index < -0.39 is 12.1 Å². The predicted molar refractivity (Wildman–Crippen MR) is 156 cm³/mol. The van der Waals surface area contributed by atoms with Gasteiger partial charge in [0.25, 0.3) is 0 Å². The van der Waals surface area contributed by atoms with Gasteiger partial charge in [0, 0.05) is 28.1 Å². The van der Waals surface area contributed by atoms with Crippen LogP contribution in [0.1, 0.15) is 35.7 Å². The molecular formula is C29H28Br2N4O4. The van der Waals surface area contributed by atoms with Crippen molar-refractivity contribution in [2.24, 2.45) is 4.99 Å². The third-order valence-electron chi connectivity index (χ3n) is 6.73. The van der Waals surface area contributed by atoms with Crippen LogP contribution in [-0.2, 0) is 4.79 Å². The first-order valence-electron chi connectivity index (χ1n) is 12.6. The quantitative estimate of drug-likeness (QED) is 0.369. The zero-order valence-corrected chi connectivity index (χ0v) is 24.7. The van der Waals surface area contributed by atoms with Gasteiger partial charge in [-0.2, -0.15) is 0 Å². The van der Waals surface area contributed by atoms with E-state index in [4.69, 9.17) is 14.5 Å². The molecule has 2 heterocycles. The molecule has 0 bridgehead atoms. The fourth-order valence-corrected chi connectivity index (χ4v) is 5.43. The molecule has 2 aliphatic heterocycles. The van der Waals surface area contributed by atoms with Gasteiger partial charge < -0.3 is 19.7 Å². The third kappa shape index (κ3) is 5.67. The lowest BCUT2D eigenvalue weighted by molar-refractivity contribution is -0.123. The Hall–Kier alpha value is -3.37. The lowest BCUT2D eigenvalue weighted by Gasteiger charge is -2.35. The molecule has 0 aromatic heterocycles. The Balaban J connectivity index is 1.70. The molecule has 3 aromatic rings. The summed E-state index contributed by atoms with van der Waals surface area (Å²) in [6, 6.07) is 20.3. The van der Waals surface area contributed by atoms with E-state index in [1.807, 2.05) is 67.6 Å². The van der Waals surface area contributed by atoms with Gasteiger partial charge in [-0.25, -0.2) is 4.79 Å². The van der Waals surface area contributed by atoms with Crippen LogP contribution in [0.3, 0.4) is 0 Å². The maximum atomic E-state index is 14.3. The van der Waals surface area contributed by atoms with Gasteiger partial charge in [0.1, 0.15) is 29.9 Å². The number of halogens is 2. The summed E-state index contributed by atoms with van der Waals surface area (Å²) in [5.41, 5.74) is 2.56. The number of methoxy groups -OCH3 is 1. The van der Waals surface area contributed by atoms with Crippen LogP contribution in [0.4, 0.5) is 4.79 Å². The summed E-state index contributed by atoms with van der Waals surface area (Å²) >= 11 is 7.05. The zero-order chi connectivity index (χ0) is 27.5. The number of amides is 3. The molecule has 1 saturated heterocycles. The second-order valence-electron chi connectivity index (χ2n) is 9.16. The SMILES string of the molecule is CCOc1cc(OC)ccc1C1=NC(c2ccc(Br)cc2)C(c2ccc(Br)cc2)N1C(=O)N1CCNC(=O)C1. The van der Waals surface area contributed by atoms with E-state index in [1.165, 1.54) is 0 Å². The van der Waals surface area contributed by atoms with E-state index in [9.17, 15) is 9.59 Å². The van der Waals surface area contributed by atoms with Crippen molar-refractivity contribution in [3.05, 3.63) is 92.4 Å². The highest BCUT2D eigenvalue weighted by molar-refractivity contribution is 9.10. The molecule has 0 spiro atoms. The van der Waals surface area contributed by atoms with E-state index in [2.05, 4.69) is 37.2 Å². The summed E-state index contributed by atoms with van der Waals surface area (Å²) in [6.45, 7) is 3.13. The normalized spacial score (nSPS) is 19.0. The summed E-state index contributed by atoms with van der Waals surface area (Å²) < 4.78 is 13.3. The predicted octanol–water partition coefficient (Wildman–Crippen LogP) is 5.72. The van der Waals surface area contributed by atoms with E-state index in [-0.39, 0.29) is 18.5 Å². The number of urea groups is 1. The lowest BCUT2D eigenvalue weighted by Crippen LogP contribution is -2.55. The summed E-state index contributed by atoms with van der Waals surface area (Å²) in [6.07, 6.45) is 0. The molecule has 0 aliphatic carbocycles. The average Bonchev–Trinajstić information content (AvgIpc) is 3.34.